The fraction of sp³-hybridized carbons (Fsp3) is 0.375. The first kappa shape index (κ1) is 14.7. The largest absolute Gasteiger partial charge is 0.462 e. The lowest BCUT2D eigenvalue weighted by molar-refractivity contribution is -0.0950. The summed E-state index contributed by atoms with van der Waals surface area (Å²) < 4.78 is 16.1. The van der Waals surface area contributed by atoms with Gasteiger partial charge < -0.3 is 14.2 Å². The molecule has 0 bridgehead atoms. The second kappa shape index (κ2) is 7.20. The minimum absolute atomic E-state index is 0.0119. The number of H-pyrrole nitrogens is 1. The molecule has 1 atom stereocenters. The number of hydrogen-bond acceptors (Lipinski definition) is 5. The molecule has 0 amide bonds. The molecule has 1 aliphatic heterocycles. The normalized spacial score (nSPS) is 18.1. The number of carbonyl (C=O) groups is 1. The standard InChI is InChI=1S/C16H18N2O4/c19-16(22-7-5-14-11-20-8-9-21-14)13-3-1-2-12(10-13)15-4-6-17-18-15/h1-4,6,10,14H,5,7-9,11H2,(H,17,18). The van der Waals surface area contributed by atoms with Crippen molar-refractivity contribution in [3.05, 3.63) is 42.1 Å². The predicted molar refractivity (Wildman–Crippen MR) is 79.5 cm³/mol. The Hall–Kier alpha value is -2.18. The molecule has 3 rings (SSSR count). The van der Waals surface area contributed by atoms with Gasteiger partial charge in [0.25, 0.3) is 0 Å². The van der Waals surface area contributed by atoms with Crippen molar-refractivity contribution >= 4 is 5.97 Å². The van der Waals surface area contributed by atoms with Crippen LogP contribution in [0.25, 0.3) is 11.3 Å². The maximum absolute atomic E-state index is 12.1. The predicted octanol–water partition coefficient (Wildman–Crippen LogP) is 2.04. The van der Waals surface area contributed by atoms with Gasteiger partial charge in [0.15, 0.2) is 0 Å². The number of ether oxygens (including phenoxy) is 3. The van der Waals surface area contributed by atoms with Crippen LogP contribution in [-0.2, 0) is 14.2 Å². The van der Waals surface area contributed by atoms with E-state index in [4.69, 9.17) is 14.2 Å². The molecule has 6 heteroatoms. The molecule has 116 valence electrons. The third-order valence-electron chi connectivity index (χ3n) is 3.47. The zero-order valence-electron chi connectivity index (χ0n) is 12.2. The summed E-state index contributed by atoms with van der Waals surface area (Å²) in [6.45, 7) is 2.12. The van der Waals surface area contributed by atoms with Crippen molar-refractivity contribution in [3.63, 3.8) is 0 Å². The van der Waals surface area contributed by atoms with Gasteiger partial charge in [-0.15, -0.1) is 0 Å². The van der Waals surface area contributed by atoms with Crippen molar-refractivity contribution in [2.24, 2.45) is 0 Å². The van der Waals surface area contributed by atoms with Crippen LogP contribution >= 0.6 is 0 Å². The molecule has 1 saturated heterocycles. The number of carbonyl (C=O) groups excluding carboxylic acids is 1. The topological polar surface area (TPSA) is 73.4 Å². The summed E-state index contributed by atoms with van der Waals surface area (Å²) >= 11 is 0. The van der Waals surface area contributed by atoms with Gasteiger partial charge in [0.2, 0.25) is 0 Å². The molecule has 2 aromatic rings. The number of nitrogens with zero attached hydrogens (tertiary/aromatic N) is 1. The Bertz CT molecular complexity index is 606. The van der Waals surface area contributed by atoms with Crippen LogP contribution in [0.5, 0.6) is 0 Å². The Morgan fingerprint density at radius 1 is 1.36 bits per heavy atom. The molecule has 1 aromatic carbocycles. The highest BCUT2D eigenvalue weighted by Crippen LogP contribution is 2.18. The minimum atomic E-state index is -0.335. The van der Waals surface area contributed by atoms with Crippen LogP contribution < -0.4 is 0 Å². The number of aromatic nitrogens is 2. The molecule has 1 unspecified atom stereocenters. The minimum Gasteiger partial charge on any atom is -0.462 e. The number of esters is 1. The number of benzene rings is 1. The maximum atomic E-state index is 12.1. The van der Waals surface area contributed by atoms with Crippen LogP contribution in [0.1, 0.15) is 16.8 Å². The van der Waals surface area contributed by atoms with Crippen molar-refractivity contribution in [2.75, 3.05) is 26.4 Å². The van der Waals surface area contributed by atoms with Crippen molar-refractivity contribution in [1.29, 1.82) is 0 Å². The Morgan fingerprint density at radius 3 is 3.09 bits per heavy atom. The van der Waals surface area contributed by atoms with Gasteiger partial charge in [-0.05, 0) is 18.2 Å². The first-order valence-electron chi connectivity index (χ1n) is 7.29. The molecule has 1 N–H and O–H groups in total. The van der Waals surface area contributed by atoms with E-state index in [9.17, 15) is 4.79 Å². The van der Waals surface area contributed by atoms with Crippen molar-refractivity contribution < 1.29 is 19.0 Å². The van der Waals surface area contributed by atoms with Gasteiger partial charge in [-0.3, -0.25) is 5.10 Å². The highest BCUT2D eigenvalue weighted by atomic mass is 16.6. The summed E-state index contributed by atoms with van der Waals surface area (Å²) in [6, 6.07) is 9.12. The molecule has 1 aliphatic rings. The van der Waals surface area contributed by atoms with Gasteiger partial charge in [-0.25, -0.2) is 4.79 Å². The maximum Gasteiger partial charge on any atom is 0.338 e. The Kier molecular flexibility index (Phi) is 4.82. The third-order valence-corrected chi connectivity index (χ3v) is 3.47. The summed E-state index contributed by atoms with van der Waals surface area (Å²) in [5.41, 5.74) is 2.28. The lowest BCUT2D eigenvalue weighted by Gasteiger charge is -2.22. The smallest absolute Gasteiger partial charge is 0.338 e. The van der Waals surface area contributed by atoms with E-state index >= 15 is 0 Å². The molecule has 6 nitrogen and oxygen atoms in total. The lowest BCUT2D eigenvalue weighted by Crippen LogP contribution is -2.29. The molecule has 1 fully saturated rings. The highest BCUT2D eigenvalue weighted by Gasteiger charge is 2.15. The lowest BCUT2D eigenvalue weighted by atomic mass is 10.1. The van der Waals surface area contributed by atoms with Gasteiger partial charge in [0.05, 0.1) is 43.8 Å². The van der Waals surface area contributed by atoms with E-state index in [0.717, 1.165) is 11.3 Å². The summed E-state index contributed by atoms with van der Waals surface area (Å²) in [6.07, 6.45) is 2.33. The van der Waals surface area contributed by atoms with Gasteiger partial charge in [0, 0.05) is 18.2 Å². The number of aromatic amines is 1. The van der Waals surface area contributed by atoms with E-state index in [-0.39, 0.29) is 12.1 Å². The molecule has 22 heavy (non-hydrogen) atoms. The highest BCUT2D eigenvalue weighted by molar-refractivity contribution is 5.90. The van der Waals surface area contributed by atoms with E-state index in [1.165, 1.54) is 0 Å². The van der Waals surface area contributed by atoms with Crippen molar-refractivity contribution in [1.82, 2.24) is 10.2 Å². The number of nitrogens with one attached hydrogen (secondary N) is 1. The van der Waals surface area contributed by atoms with E-state index in [2.05, 4.69) is 10.2 Å². The first-order chi connectivity index (χ1) is 10.8. The van der Waals surface area contributed by atoms with E-state index in [0.29, 0.717) is 38.4 Å². The van der Waals surface area contributed by atoms with Gasteiger partial charge in [0.1, 0.15) is 0 Å². The third kappa shape index (κ3) is 3.72. The molecule has 0 radical (unpaired) electrons. The molecule has 0 aliphatic carbocycles. The SMILES string of the molecule is O=C(OCCC1COCCO1)c1cccc(-c2ccn[nH]2)c1. The second-order valence-electron chi connectivity index (χ2n) is 5.04. The average molecular weight is 302 g/mol. The van der Waals surface area contributed by atoms with Gasteiger partial charge >= 0.3 is 5.97 Å². The number of rotatable bonds is 5. The monoisotopic (exact) mass is 302 g/mol. The van der Waals surface area contributed by atoms with Crippen molar-refractivity contribution in [2.45, 2.75) is 12.5 Å². The zero-order valence-corrected chi connectivity index (χ0v) is 12.2. The summed E-state index contributed by atoms with van der Waals surface area (Å²) in [5, 5.41) is 6.78. The van der Waals surface area contributed by atoms with E-state index in [1.807, 2.05) is 18.2 Å². The average Bonchev–Trinajstić information content (AvgIpc) is 3.10. The Morgan fingerprint density at radius 2 is 2.32 bits per heavy atom. The van der Waals surface area contributed by atoms with Crippen LogP contribution in [0, 0.1) is 0 Å². The van der Waals surface area contributed by atoms with Gasteiger partial charge in [-0.1, -0.05) is 12.1 Å². The molecular formula is C16H18N2O4. The Balaban J connectivity index is 1.54. The van der Waals surface area contributed by atoms with Crippen LogP contribution in [0.2, 0.25) is 0 Å². The molecule has 1 aromatic heterocycles. The number of hydrogen-bond donors (Lipinski definition) is 1. The van der Waals surface area contributed by atoms with Crippen LogP contribution in [-0.4, -0.2) is 48.7 Å². The van der Waals surface area contributed by atoms with Crippen LogP contribution in [0.4, 0.5) is 0 Å². The Labute approximate surface area is 128 Å². The molecule has 0 spiro atoms. The zero-order chi connectivity index (χ0) is 15.2. The van der Waals surface area contributed by atoms with Crippen LogP contribution in [0.3, 0.4) is 0 Å². The molecule has 2 heterocycles. The molecular weight excluding hydrogens is 284 g/mol. The van der Waals surface area contributed by atoms with E-state index in [1.54, 1.807) is 18.3 Å². The summed E-state index contributed by atoms with van der Waals surface area (Å²) in [7, 11) is 0. The first-order valence-corrected chi connectivity index (χ1v) is 7.29. The summed E-state index contributed by atoms with van der Waals surface area (Å²) in [5.74, 6) is -0.335. The van der Waals surface area contributed by atoms with Gasteiger partial charge in [-0.2, -0.15) is 5.10 Å². The van der Waals surface area contributed by atoms with Crippen molar-refractivity contribution in [3.8, 4) is 11.3 Å². The fourth-order valence-corrected chi connectivity index (χ4v) is 2.30. The fourth-order valence-electron chi connectivity index (χ4n) is 2.30. The quantitative estimate of drug-likeness (QED) is 0.856. The van der Waals surface area contributed by atoms with Crippen LogP contribution in [0.15, 0.2) is 36.5 Å². The van der Waals surface area contributed by atoms with E-state index < -0.39 is 0 Å². The summed E-state index contributed by atoms with van der Waals surface area (Å²) in [4.78, 5) is 12.1. The second-order valence-corrected chi connectivity index (χ2v) is 5.04. The molecule has 0 saturated carbocycles.